The predicted octanol–water partition coefficient (Wildman–Crippen LogP) is 2.14. The van der Waals surface area contributed by atoms with E-state index in [2.05, 4.69) is 38.7 Å². The highest BCUT2D eigenvalue weighted by atomic mass is 79.9. The lowest BCUT2D eigenvalue weighted by Crippen LogP contribution is -2.52. The Morgan fingerprint density at radius 3 is 2.83 bits per heavy atom. The van der Waals surface area contributed by atoms with E-state index < -0.39 is 0 Å². The average Bonchev–Trinajstić information content (AvgIpc) is 2.13. The number of rotatable bonds is 4. The Labute approximate surface area is 122 Å². The smallest absolute Gasteiger partial charge is 0.225 e. The van der Waals surface area contributed by atoms with E-state index in [9.17, 15) is 4.79 Å². The third kappa shape index (κ3) is 4.26. The minimum atomic E-state index is 0. The van der Waals surface area contributed by atoms with Crippen LogP contribution in [0.15, 0.2) is 28.7 Å². The number of carbonyl (C=O) groups excluding carboxylic acids is 1. The molecule has 18 heavy (non-hydrogen) atoms. The van der Waals surface area contributed by atoms with E-state index in [0.717, 1.165) is 24.0 Å². The second-order valence-corrected chi connectivity index (χ2v) is 5.51. The molecule has 0 saturated carbocycles. The van der Waals surface area contributed by atoms with Gasteiger partial charge in [0, 0.05) is 23.6 Å². The van der Waals surface area contributed by atoms with Gasteiger partial charge in [0.15, 0.2) is 0 Å². The molecular formula is C13H18BrClN2O. The molecule has 1 atom stereocenters. The van der Waals surface area contributed by atoms with Crippen molar-refractivity contribution in [2.75, 3.05) is 13.1 Å². The van der Waals surface area contributed by atoms with Crippen molar-refractivity contribution in [3.05, 3.63) is 34.3 Å². The van der Waals surface area contributed by atoms with E-state index in [1.807, 2.05) is 19.1 Å². The molecule has 1 unspecified atom stereocenters. The van der Waals surface area contributed by atoms with Crippen LogP contribution in [-0.2, 0) is 11.2 Å². The van der Waals surface area contributed by atoms with Gasteiger partial charge in [0.2, 0.25) is 5.91 Å². The van der Waals surface area contributed by atoms with Crippen molar-refractivity contribution in [3.8, 4) is 0 Å². The van der Waals surface area contributed by atoms with E-state index in [1.54, 1.807) is 0 Å². The maximum Gasteiger partial charge on any atom is 0.225 e. The zero-order valence-electron chi connectivity index (χ0n) is 10.3. The molecule has 0 aromatic heterocycles. The molecule has 1 amide bonds. The van der Waals surface area contributed by atoms with Crippen LogP contribution in [0.1, 0.15) is 12.5 Å². The summed E-state index contributed by atoms with van der Waals surface area (Å²) in [6.07, 6.45) is 0.866. The standard InChI is InChI=1S/C13H17BrN2O.ClH/c1-9(16-13(17)11-7-15-8-11)5-10-3-2-4-12(14)6-10;/h2-4,6,9,11,15H,5,7-8H2,1H3,(H,16,17);1H. The summed E-state index contributed by atoms with van der Waals surface area (Å²) >= 11 is 3.45. The first-order chi connectivity index (χ1) is 8.15. The van der Waals surface area contributed by atoms with Gasteiger partial charge in [-0.2, -0.15) is 0 Å². The van der Waals surface area contributed by atoms with Gasteiger partial charge in [0.1, 0.15) is 0 Å². The van der Waals surface area contributed by atoms with Crippen LogP contribution in [0.5, 0.6) is 0 Å². The SMILES string of the molecule is CC(Cc1cccc(Br)c1)NC(=O)C1CNC1.Cl. The largest absolute Gasteiger partial charge is 0.353 e. The van der Waals surface area contributed by atoms with Crippen LogP contribution in [0.2, 0.25) is 0 Å². The molecule has 5 heteroatoms. The lowest BCUT2D eigenvalue weighted by Gasteiger charge is -2.27. The van der Waals surface area contributed by atoms with E-state index in [4.69, 9.17) is 0 Å². The topological polar surface area (TPSA) is 41.1 Å². The number of halogens is 2. The molecule has 0 bridgehead atoms. The van der Waals surface area contributed by atoms with Crippen molar-refractivity contribution in [2.45, 2.75) is 19.4 Å². The lowest BCUT2D eigenvalue weighted by atomic mass is 10.0. The summed E-state index contributed by atoms with van der Waals surface area (Å²) in [5, 5.41) is 6.16. The van der Waals surface area contributed by atoms with Gasteiger partial charge in [-0.15, -0.1) is 12.4 Å². The molecule has 100 valence electrons. The monoisotopic (exact) mass is 332 g/mol. The number of hydrogen-bond donors (Lipinski definition) is 2. The Morgan fingerprint density at radius 2 is 2.28 bits per heavy atom. The van der Waals surface area contributed by atoms with Gasteiger partial charge in [0.05, 0.1) is 5.92 Å². The van der Waals surface area contributed by atoms with Gasteiger partial charge in [-0.25, -0.2) is 0 Å². The molecule has 1 fully saturated rings. The fourth-order valence-electron chi connectivity index (χ4n) is 1.90. The third-order valence-corrected chi connectivity index (χ3v) is 3.47. The second-order valence-electron chi connectivity index (χ2n) is 4.60. The summed E-state index contributed by atoms with van der Waals surface area (Å²) < 4.78 is 1.08. The average molecular weight is 334 g/mol. The number of hydrogen-bond acceptors (Lipinski definition) is 2. The van der Waals surface area contributed by atoms with Crippen LogP contribution >= 0.6 is 28.3 Å². The molecule has 2 N–H and O–H groups in total. The van der Waals surface area contributed by atoms with Crippen LogP contribution in [-0.4, -0.2) is 25.0 Å². The molecule has 2 rings (SSSR count). The summed E-state index contributed by atoms with van der Waals surface area (Å²) in [4.78, 5) is 11.7. The second kappa shape index (κ2) is 7.12. The molecule has 0 spiro atoms. The molecule has 1 aromatic carbocycles. The Morgan fingerprint density at radius 1 is 1.56 bits per heavy atom. The molecule has 0 radical (unpaired) electrons. The van der Waals surface area contributed by atoms with E-state index >= 15 is 0 Å². The Bertz CT molecular complexity index is 410. The molecule has 1 saturated heterocycles. The van der Waals surface area contributed by atoms with Gasteiger partial charge < -0.3 is 10.6 Å². The number of nitrogens with one attached hydrogen (secondary N) is 2. The zero-order valence-corrected chi connectivity index (χ0v) is 12.7. The van der Waals surface area contributed by atoms with Crippen LogP contribution in [0.3, 0.4) is 0 Å². The van der Waals surface area contributed by atoms with Crippen molar-refractivity contribution in [2.24, 2.45) is 5.92 Å². The predicted molar refractivity (Wildman–Crippen MR) is 79.1 cm³/mol. The quantitative estimate of drug-likeness (QED) is 0.886. The summed E-state index contributed by atoms with van der Waals surface area (Å²) in [6.45, 7) is 3.68. The molecular weight excluding hydrogens is 316 g/mol. The number of benzene rings is 1. The highest BCUT2D eigenvalue weighted by Crippen LogP contribution is 2.13. The Balaban J connectivity index is 0.00000162. The normalized spacial score (nSPS) is 16.3. The summed E-state index contributed by atoms with van der Waals surface area (Å²) in [6, 6.07) is 8.38. The van der Waals surface area contributed by atoms with Crippen LogP contribution in [0.25, 0.3) is 0 Å². The van der Waals surface area contributed by atoms with E-state index in [-0.39, 0.29) is 30.3 Å². The zero-order chi connectivity index (χ0) is 12.3. The highest BCUT2D eigenvalue weighted by molar-refractivity contribution is 9.10. The first-order valence-corrected chi connectivity index (χ1v) is 6.70. The third-order valence-electron chi connectivity index (χ3n) is 2.97. The van der Waals surface area contributed by atoms with Crippen LogP contribution in [0.4, 0.5) is 0 Å². The molecule has 1 aromatic rings. The Kier molecular flexibility index (Phi) is 6.12. The lowest BCUT2D eigenvalue weighted by molar-refractivity contribution is -0.127. The van der Waals surface area contributed by atoms with Crippen molar-refractivity contribution in [1.29, 1.82) is 0 Å². The fourth-order valence-corrected chi connectivity index (χ4v) is 2.35. The fraction of sp³-hybridized carbons (Fsp3) is 0.462. The van der Waals surface area contributed by atoms with Crippen molar-refractivity contribution in [3.63, 3.8) is 0 Å². The highest BCUT2D eigenvalue weighted by Gasteiger charge is 2.25. The van der Waals surface area contributed by atoms with E-state index in [0.29, 0.717) is 0 Å². The van der Waals surface area contributed by atoms with Gasteiger partial charge in [-0.1, -0.05) is 28.1 Å². The summed E-state index contributed by atoms with van der Waals surface area (Å²) in [5.74, 6) is 0.339. The molecule has 1 aliphatic heterocycles. The van der Waals surface area contributed by atoms with Crippen LogP contribution < -0.4 is 10.6 Å². The maximum atomic E-state index is 11.7. The molecule has 3 nitrogen and oxygen atoms in total. The maximum absolute atomic E-state index is 11.7. The molecule has 1 aliphatic rings. The van der Waals surface area contributed by atoms with Crippen molar-refractivity contribution >= 4 is 34.2 Å². The summed E-state index contributed by atoms with van der Waals surface area (Å²) in [7, 11) is 0. The summed E-state index contributed by atoms with van der Waals surface area (Å²) in [5.41, 5.74) is 1.24. The van der Waals surface area contributed by atoms with Gasteiger partial charge >= 0.3 is 0 Å². The first kappa shape index (κ1) is 15.5. The molecule has 1 heterocycles. The van der Waals surface area contributed by atoms with Crippen LogP contribution in [0, 0.1) is 5.92 Å². The molecule has 0 aliphatic carbocycles. The number of amides is 1. The van der Waals surface area contributed by atoms with Crippen molar-refractivity contribution in [1.82, 2.24) is 10.6 Å². The van der Waals surface area contributed by atoms with E-state index in [1.165, 1.54) is 5.56 Å². The minimum Gasteiger partial charge on any atom is -0.353 e. The van der Waals surface area contributed by atoms with Gasteiger partial charge in [0.25, 0.3) is 0 Å². The number of carbonyl (C=O) groups is 1. The van der Waals surface area contributed by atoms with Crippen molar-refractivity contribution < 1.29 is 4.79 Å². The van der Waals surface area contributed by atoms with Gasteiger partial charge in [-0.05, 0) is 31.0 Å². The van der Waals surface area contributed by atoms with Gasteiger partial charge in [-0.3, -0.25) is 4.79 Å². The minimum absolute atomic E-state index is 0. The Hall–Kier alpha value is -0.580. The first-order valence-electron chi connectivity index (χ1n) is 5.90.